The van der Waals surface area contributed by atoms with Crippen molar-refractivity contribution < 1.29 is 4.74 Å². The maximum Gasteiger partial charge on any atom is 0.163 e. The van der Waals surface area contributed by atoms with Crippen molar-refractivity contribution in [2.75, 3.05) is 19.7 Å². The highest BCUT2D eigenvalue weighted by molar-refractivity contribution is 7.11. The fraction of sp³-hybridized carbons (Fsp3) is 0.688. The van der Waals surface area contributed by atoms with Gasteiger partial charge in [-0.1, -0.05) is 20.8 Å². The topological polar surface area (TPSA) is 56.1 Å². The van der Waals surface area contributed by atoms with E-state index in [1.54, 1.807) is 6.33 Å². The van der Waals surface area contributed by atoms with Crippen LogP contribution in [0.2, 0.25) is 0 Å². The number of hydrogen-bond acceptors (Lipinski definition) is 6. The third-order valence-corrected chi connectivity index (χ3v) is 5.41. The van der Waals surface area contributed by atoms with Gasteiger partial charge in [0.05, 0.1) is 11.6 Å². The van der Waals surface area contributed by atoms with Gasteiger partial charge in [-0.25, -0.2) is 4.98 Å². The van der Waals surface area contributed by atoms with Gasteiger partial charge in [-0.2, -0.15) is 0 Å². The summed E-state index contributed by atoms with van der Waals surface area (Å²) in [7, 11) is 0. The Kier molecular flexibility index (Phi) is 4.79. The summed E-state index contributed by atoms with van der Waals surface area (Å²) in [4.78, 5) is 8.32. The Morgan fingerprint density at radius 3 is 2.91 bits per heavy atom. The van der Waals surface area contributed by atoms with Crippen LogP contribution in [-0.4, -0.2) is 44.3 Å². The molecule has 1 aliphatic rings. The van der Waals surface area contributed by atoms with E-state index in [1.807, 2.05) is 17.5 Å². The maximum atomic E-state index is 5.92. The van der Waals surface area contributed by atoms with Crippen LogP contribution >= 0.6 is 11.3 Å². The number of aromatic nitrogens is 4. The number of hydrogen-bond donors (Lipinski definition) is 0. The lowest BCUT2D eigenvalue weighted by molar-refractivity contribution is -0.0386. The van der Waals surface area contributed by atoms with Gasteiger partial charge in [-0.3, -0.25) is 4.90 Å². The lowest BCUT2D eigenvalue weighted by Gasteiger charge is -2.32. The molecule has 0 aliphatic carbocycles. The van der Waals surface area contributed by atoms with Gasteiger partial charge >= 0.3 is 0 Å². The molecule has 0 radical (unpaired) electrons. The molecular weight excluding hydrogens is 310 g/mol. The van der Waals surface area contributed by atoms with Gasteiger partial charge in [0.1, 0.15) is 12.4 Å². The molecule has 1 atom stereocenters. The van der Waals surface area contributed by atoms with E-state index in [0.29, 0.717) is 0 Å². The Bertz CT molecular complexity index is 645. The predicted octanol–water partition coefficient (Wildman–Crippen LogP) is 2.63. The summed E-state index contributed by atoms with van der Waals surface area (Å²) in [5, 5.41) is 9.45. The molecule has 1 fully saturated rings. The lowest BCUT2D eigenvalue weighted by Crippen LogP contribution is -2.38. The van der Waals surface area contributed by atoms with Gasteiger partial charge in [0.15, 0.2) is 5.82 Å². The van der Waals surface area contributed by atoms with Gasteiger partial charge in [0, 0.05) is 42.7 Å². The van der Waals surface area contributed by atoms with Crippen molar-refractivity contribution >= 4 is 11.3 Å². The Balaban J connectivity index is 1.66. The highest BCUT2D eigenvalue weighted by atomic mass is 32.1. The van der Waals surface area contributed by atoms with Crippen molar-refractivity contribution in [2.45, 2.75) is 52.3 Å². The molecule has 0 bridgehead atoms. The number of rotatable bonds is 4. The molecule has 0 spiro atoms. The van der Waals surface area contributed by atoms with E-state index in [1.165, 1.54) is 9.88 Å². The molecule has 2 aromatic rings. The summed E-state index contributed by atoms with van der Waals surface area (Å²) in [6.07, 6.45) is 3.79. The lowest BCUT2D eigenvalue weighted by atomic mass is 9.98. The fourth-order valence-electron chi connectivity index (χ4n) is 2.71. The van der Waals surface area contributed by atoms with E-state index in [0.717, 1.165) is 38.6 Å². The summed E-state index contributed by atoms with van der Waals surface area (Å²) in [6.45, 7) is 13.0. The molecule has 2 aromatic heterocycles. The summed E-state index contributed by atoms with van der Waals surface area (Å²) >= 11 is 1.81. The molecule has 6 nitrogen and oxygen atoms in total. The molecule has 23 heavy (non-hydrogen) atoms. The third kappa shape index (κ3) is 3.79. The number of ether oxygens (including phenoxy) is 1. The van der Waals surface area contributed by atoms with Crippen LogP contribution in [0, 0.1) is 0 Å². The van der Waals surface area contributed by atoms with Gasteiger partial charge in [-0.05, 0) is 6.92 Å². The van der Waals surface area contributed by atoms with E-state index < -0.39 is 0 Å². The highest BCUT2D eigenvalue weighted by Crippen LogP contribution is 2.28. The largest absolute Gasteiger partial charge is 0.368 e. The zero-order chi connectivity index (χ0) is 16.4. The zero-order valence-electron chi connectivity index (χ0n) is 14.3. The number of aryl methyl sites for hydroxylation is 1. The minimum Gasteiger partial charge on any atom is -0.368 e. The average molecular weight is 335 g/mol. The Morgan fingerprint density at radius 1 is 1.39 bits per heavy atom. The second kappa shape index (κ2) is 6.67. The molecule has 1 aliphatic heterocycles. The second-order valence-corrected chi connectivity index (χ2v) is 8.07. The van der Waals surface area contributed by atoms with E-state index in [9.17, 15) is 0 Å². The van der Waals surface area contributed by atoms with Gasteiger partial charge < -0.3 is 9.30 Å². The van der Waals surface area contributed by atoms with Crippen molar-refractivity contribution in [1.82, 2.24) is 24.6 Å². The van der Waals surface area contributed by atoms with Crippen molar-refractivity contribution in [3.05, 3.63) is 28.2 Å². The Morgan fingerprint density at radius 2 is 2.22 bits per heavy atom. The molecule has 7 heteroatoms. The van der Waals surface area contributed by atoms with Crippen LogP contribution in [0.25, 0.3) is 0 Å². The number of nitrogens with zero attached hydrogens (tertiary/aromatic N) is 5. The van der Waals surface area contributed by atoms with Crippen LogP contribution in [0.4, 0.5) is 0 Å². The van der Waals surface area contributed by atoms with Crippen LogP contribution in [0.3, 0.4) is 0 Å². The minimum atomic E-state index is 0.00112. The maximum absolute atomic E-state index is 5.92. The third-order valence-electron chi connectivity index (χ3n) is 4.00. The predicted molar refractivity (Wildman–Crippen MR) is 90.5 cm³/mol. The van der Waals surface area contributed by atoms with Crippen molar-refractivity contribution in [3.8, 4) is 0 Å². The van der Waals surface area contributed by atoms with E-state index >= 15 is 0 Å². The smallest absolute Gasteiger partial charge is 0.163 e. The molecule has 0 saturated carbocycles. The van der Waals surface area contributed by atoms with Crippen molar-refractivity contribution in [2.24, 2.45) is 0 Å². The molecule has 0 aromatic carbocycles. The van der Waals surface area contributed by atoms with Crippen molar-refractivity contribution in [1.29, 1.82) is 0 Å². The molecule has 126 valence electrons. The molecular formula is C16H25N5OS. The van der Waals surface area contributed by atoms with E-state index in [2.05, 4.69) is 52.3 Å². The molecule has 1 saturated heterocycles. The zero-order valence-corrected chi connectivity index (χ0v) is 15.1. The number of morpholine rings is 1. The van der Waals surface area contributed by atoms with Crippen molar-refractivity contribution in [3.63, 3.8) is 0 Å². The van der Waals surface area contributed by atoms with Crippen LogP contribution in [-0.2, 0) is 23.2 Å². The fourth-order valence-corrected chi connectivity index (χ4v) is 3.72. The normalized spacial score (nSPS) is 20.1. The standard InChI is InChI=1S/C16H25N5OS/c1-5-21-11-18-19-14(21)13-10-20(6-7-22-13)9-12-8-17-15(23-12)16(2,3)4/h8,11,13H,5-7,9-10H2,1-4H3. The Labute approximate surface area is 141 Å². The van der Waals surface area contributed by atoms with E-state index in [-0.39, 0.29) is 11.5 Å². The van der Waals surface area contributed by atoms with Crippen LogP contribution in [0.1, 0.15) is 49.5 Å². The monoisotopic (exact) mass is 335 g/mol. The van der Waals surface area contributed by atoms with Crippen LogP contribution in [0.5, 0.6) is 0 Å². The van der Waals surface area contributed by atoms with Gasteiger partial charge in [0.2, 0.25) is 0 Å². The quantitative estimate of drug-likeness (QED) is 0.860. The first-order valence-electron chi connectivity index (χ1n) is 8.14. The molecule has 0 N–H and O–H groups in total. The summed E-state index contributed by atoms with van der Waals surface area (Å²) in [5.74, 6) is 0.928. The SMILES string of the molecule is CCn1cnnc1C1CN(Cc2cnc(C(C)(C)C)s2)CCO1. The van der Waals surface area contributed by atoms with Gasteiger partial charge in [-0.15, -0.1) is 21.5 Å². The molecule has 3 rings (SSSR count). The minimum absolute atomic E-state index is 0.00112. The summed E-state index contributed by atoms with van der Waals surface area (Å²) in [6, 6.07) is 0. The highest BCUT2D eigenvalue weighted by Gasteiger charge is 2.26. The first-order valence-corrected chi connectivity index (χ1v) is 8.96. The van der Waals surface area contributed by atoms with Crippen LogP contribution in [0.15, 0.2) is 12.5 Å². The first-order chi connectivity index (χ1) is 11.0. The summed E-state index contributed by atoms with van der Waals surface area (Å²) in [5.41, 5.74) is 0.119. The second-order valence-electron chi connectivity index (χ2n) is 6.95. The number of thiazole rings is 1. The molecule has 1 unspecified atom stereocenters. The first kappa shape index (κ1) is 16.5. The molecule has 0 amide bonds. The summed E-state index contributed by atoms with van der Waals surface area (Å²) < 4.78 is 7.97. The van der Waals surface area contributed by atoms with Gasteiger partial charge in [0.25, 0.3) is 0 Å². The van der Waals surface area contributed by atoms with E-state index in [4.69, 9.17) is 4.74 Å². The van der Waals surface area contributed by atoms with Crippen LogP contribution < -0.4 is 0 Å². The average Bonchev–Trinajstić information content (AvgIpc) is 3.15. The molecule has 3 heterocycles. The Hall–Kier alpha value is -1.31.